The lowest BCUT2D eigenvalue weighted by atomic mass is 9.90. The summed E-state index contributed by atoms with van der Waals surface area (Å²) in [6, 6.07) is 4.40. The highest BCUT2D eigenvalue weighted by atomic mass is 35.5. The molecule has 1 N–H and O–H groups in total. The van der Waals surface area contributed by atoms with Crippen molar-refractivity contribution in [3.05, 3.63) is 51.8 Å². The maximum absolute atomic E-state index is 13.7. The summed E-state index contributed by atoms with van der Waals surface area (Å²) < 4.78 is 18.9. The number of aromatic amines is 1. The van der Waals surface area contributed by atoms with Crippen molar-refractivity contribution in [2.24, 2.45) is 5.92 Å². The van der Waals surface area contributed by atoms with Crippen LogP contribution in [0.4, 0.5) is 4.39 Å². The van der Waals surface area contributed by atoms with Crippen LogP contribution in [0.1, 0.15) is 29.2 Å². The van der Waals surface area contributed by atoms with Crippen molar-refractivity contribution in [3.8, 4) is 0 Å². The van der Waals surface area contributed by atoms with Gasteiger partial charge in [0.1, 0.15) is 18.2 Å². The average molecular weight is 323 g/mol. The van der Waals surface area contributed by atoms with Gasteiger partial charge in [-0.15, -0.1) is 0 Å². The van der Waals surface area contributed by atoms with Gasteiger partial charge in [-0.05, 0) is 31.9 Å². The second-order valence-electron chi connectivity index (χ2n) is 5.50. The van der Waals surface area contributed by atoms with E-state index in [1.54, 1.807) is 6.07 Å². The molecule has 0 spiro atoms. The first-order chi connectivity index (χ1) is 10.5. The maximum Gasteiger partial charge on any atom is 0.309 e. The van der Waals surface area contributed by atoms with Gasteiger partial charge < -0.3 is 9.72 Å². The van der Waals surface area contributed by atoms with Gasteiger partial charge in [0.2, 0.25) is 0 Å². The standard InChI is InChI=1S/C16H16ClFN2O2/c1-9-19-14-6-5-10(7-15(14)20-9)16(21)22-8-11-12(17)3-2-4-13(11)18/h2-4,10H,5-8H2,1H3,(H,19,20)/t10-/m0/s1. The van der Waals surface area contributed by atoms with Crippen LogP contribution in [0.15, 0.2) is 18.2 Å². The van der Waals surface area contributed by atoms with Crippen LogP contribution in [-0.4, -0.2) is 15.9 Å². The Morgan fingerprint density at radius 1 is 1.55 bits per heavy atom. The Labute approximate surface area is 132 Å². The predicted octanol–water partition coefficient (Wildman–Crippen LogP) is 3.36. The maximum atomic E-state index is 13.7. The van der Waals surface area contributed by atoms with Crippen LogP contribution in [0.3, 0.4) is 0 Å². The van der Waals surface area contributed by atoms with Crippen molar-refractivity contribution >= 4 is 17.6 Å². The van der Waals surface area contributed by atoms with Crippen LogP contribution in [0.2, 0.25) is 5.02 Å². The van der Waals surface area contributed by atoms with Crippen LogP contribution in [0.25, 0.3) is 0 Å². The molecule has 0 amide bonds. The number of benzene rings is 1. The minimum absolute atomic E-state index is 0.143. The summed E-state index contributed by atoms with van der Waals surface area (Å²) in [5.41, 5.74) is 2.24. The second kappa shape index (κ2) is 6.08. The number of ether oxygens (including phenoxy) is 1. The molecular formula is C16H16ClFN2O2. The number of nitrogens with zero attached hydrogens (tertiary/aromatic N) is 1. The molecule has 1 aliphatic rings. The highest BCUT2D eigenvalue weighted by Gasteiger charge is 2.28. The van der Waals surface area contributed by atoms with E-state index in [0.29, 0.717) is 12.8 Å². The predicted molar refractivity (Wildman–Crippen MR) is 80.0 cm³/mol. The number of imidazole rings is 1. The Morgan fingerprint density at radius 2 is 2.36 bits per heavy atom. The van der Waals surface area contributed by atoms with Gasteiger partial charge in [0, 0.05) is 17.7 Å². The number of fused-ring (bicyclic) bond motifs is 1. The normalized spacial score (nSPS) is 17.1. The first kappa shape index (κ1) is 15.0. The average Bonchev–Trinajstić information content (AvgIpc) is 2.85. The summed E-state index contributed by atoms with van der Waals surface area (Å²) in [6.45, 7) is 1.75. The minimum Gasteiger partial charge on any atom is -0.460 e. The molecule has 0 bridgehead atoms. The first-order valence-corrected chi connectivity index (χ1v) is 7.56. The molecule has 0 saturated carbocycles. The number of aryl methyl sites for hydroxylation is 2. The van der Waals surface area contributed by atoms with Crippen LogP contribution < -0.4 is 0 Å². The van der Waals surface area contributed by atoms with Gasteiger partial charge >= 0.3 is 5.97 Å². The molecule has 1 atom stereocenters. The van der Waals surface area contributed by atoms with E-state index in [-0.39, 0.29) is 29.1 Å². The lowest BCUT2D eigenvalue weighted by Crippen LogP contribution is -2.24. The molecule has 22 heavy (non-hydrogen) atoms. The third-order valence-corrected chi connectivity index (χ3v) is 4.27. The summed E-state index contributed by atoms with van der Waals surface area (Å²) in [5.74, 6) is -0.150. The monoisotopic (exact) mass is 322 g/mol. The summed E-state index contributed by atoms with van der Waals surface area (Å²) in [5, 5.41) is 0.267. The molecule has 0 fully saturated rings. The third-order valence-electron chi connectivity index (χ3n) is 3.92. The quantitative estimate of drug-likeness (QED) is 0.882. The minimum atomic E-state index is -0.463. The van der Waals surface area contributed by atoms with Crippen LogP contribution in [0, 0.1) is 18.7 Å². The first-order valence-electron chi connectivity index (χ1n) is 7.18. The second-order valence-corrected chi connectivity index (χ2v) is 5.90. The number of nitrogens with one attached hydrogen (secondary N) is 1. The molecular weight excluding hydrogens is 307 g/mol. The number of aromatic nitrogens is 2. The molecule has 1 aliphatic carbocycles. The Bertz CT molecular complexity index is 694. The number of carbonyl (C=O) groups is 1. The number of hydrogen-bond donors (Lipinski definition) is 1. The number of H-pyrrole nitrogens is 1. The highest BCUT2D eigenvalue weighted by Crippen LogP contribution is 2.26. The molecule has 116 valence electrons. The molecule has 1 aromatic heterocycles. The van der Waals surface area contributed by atoms with Crippen molar-refractivity contribution in [2.75, 3.05) is 0 Å². The zero-order valence-electron chi connectivity index (χ0n) is 12.2. The number of esters is 1. The van der Waals surface area contributed by atoms with Crippen molar-refractivity contribution in [3.63, 3.8) is 0 Å². The molecule has 0 unspecified atom stereocenters. The van der Waals surface area contributed by atoms with Crippen molar-refractivity contribution in [2.45, 2.75) is 32.8 Å². The molecule has 4 nitrogen and oxygen atoms in total. The van der Waals surface area contributed by atoms with Crippen molar-refractivity contribution in [1.29, 1.82) is 0 Å². The zero-order valence-corrected chi connectivity index (χ0v) is 12.9. The fourth-order valence-electron chi connectivity index (χ4n) is 2.76. The van der Waals surface area contributed by atoms with E-state index in [2.05, 4.69) is 9.97 Å². The fourth-order valence-corrected chi connectivity index (χ4v) is 2.97. The molecule has 2 aromatic rings. The van der Waals surface area contributed by atoms with Gasteiger partial charge in [-0.2, -0.15) is 0 Å². The van der Waals surface area contributed by atoms with Gasteiger partial charge in [0.05, 0.1) is 16.6 Å². The summed E-state index contributed by atoms with van der Waals surface area (Å²) >= 11 is 5.92. The van der Waals surface area contributed by atoms with E-state index in [9.17, 15) is 9.18 Å². The third kappa shape index (κ3) is 2.99. The number of rotatable bonds is 3. The SMILES string of the molecule is Cc1nc2c([nH]1)C[C@@H](C(=O)OCc1c(F)cccc1Cl)CC2. The van der Waals surface area contributed by atoms with Crippen LogP contribution >= 0.6 is 11.6 Å². The van der Waals surface area contributed by atoms with E-state index in [0.717, 1.165) is 23.6 Å². The zero-order chi connectivity index (χ0) is 15.7. The summed E-state index contributed by atoms with van der Waals surface area (Å²) in [4.78, 5) is 19.7. The Kier molecular flexibility index (Phi) is 4.16. The lowest BCUT2D eigenvalue weighted by molar-refractivity contribution is -0.150. The van der Waals surface area contributed by atoms with Gasteiger partial charge in [-0.1, -0.05) is 17.7 Å². The summed E-state index contributed by atoms with van der Waals surface area (Å²) in [7, 11) is 0. The molecule has 0 radical (unpaired) electrons. The Balaban J connectivity index is 1.64. The molecule has 3 rings (SSSR count). The van der Waals surface area contributed by atoms with E-state index >= 15 is 0 Å². The molecule has 6 heteroatoms. The van der Waals surface area contributed by atoms with Gasteiger partial charge in [-0.3, -0.25) is 4.79 Å². The van der Waals surface area contributed by atoms with Gasteiger partial charge in [0.15, 0.2) is 0 Å². The van der Waals surface area contributed by atoms with Crippen molar-refractivity contribution < 1.29 is 13.9 Å². The van der Waals surface area contributed by atoms with E-state index in [1.807, 2.05) is 6.92 Å². The Morgan fingerprint density at radius 3 is 3.14 bits per heavy atom. The molecule has 0 aliphatic heterocycles. The summed E-state index contributed by atoms with van der Waals surface area (Å²) in [6.07, 6.45) is 2.03. The van der Waals surface area contributed by atoms with E-state index < -0.39 is 5.82 Å². The Hall–Kier alpha value is -1.88. The fraction of sp³-hybridized carbons (Fsp3) is 0.375. The highest BCUT2D eigenvalue weighted by molar-refractivity contribution is 6.31. The molecule has 1 aromatic carbocycles. The number of carbonyl (C=O) groups excluding carboxylic acids is 1. The topological polar surface area (TPSA) is 55.0 Å². The number of hydrogen-bond acceptors (Lipinski definition) is 3. The molecule has 0 saturated heterocycles. The number of halogens is 2. The molecule has 1 heterocycles. The van der Waals surface area contributed by atoms with Crippen LogP contribution in [0.5, 0.6) is 0 Å². The van der Waals surface area contributed by atoms with E-state index in [1.165, 1.54) is 12.1 Å². The lowest BCUT2D eigenvalue weighted by Gasteiger charge is -2.20. The van der Waals surface area contributed by atoms with Gasteiger partial charge in [0.25, 0.3) is 0 Å². The van der Waals surface area contributed by atoms with Crippen LogP contribution in [-0.2, 0) is 29.0 Å². The van der Waals surface area contributed by atoms with Gasteiger partial charge in [-0.25, -0.2) is 9.37 Å². The van der Waals surface area contributed by atoms with Crippen molar-refractivity contribution in [1.82, 2.24) is 9.97 Å². The van der Waals surface area contributed by atoms with E-state index in [4.69, 9.17) is 16.3 Å². The largest absolute Gasteiger partial charge is 0.460 e. The smallest absolute Gasteiger partial charge is 0.309 e.